The molecule has 0 aliphatic rings. The number of halogens is 4. The number of phenolic OH excluding ortho intramolecular Hbond substituents is 1. The zero-order valence-corrected chi connectivity index (χ0v) is 15.1. The summed E-state index contributed by atoms with van der Waals surface area (Å²) in [6.45, 7) is 0. The van der Waals surface area contributed by atoms with Gasteiger partial charge < -0.3 is 14.9 Å². The van der Waals surface area contributed by atoms with Crippen LogP contribution < -0.4 is 0 Å². The van der Waals surface area contributed by atoms with Gasteiger partial charge in [0.25, 0.3) is 0 Å². The third-order valence-corrected chi connectivity index (χ3v) is 5.28. The maximum absolute atomic E-state index is 11.4. The van der Waals surface area contributed by atoms with Crippen molar-refractivity contribution in [3.63, 3.8) is 0 Å². The van der Waals surface area contributed by atoms with Crippen molar-refractivity contribution in [2.24, 2.45) is 0 Å². The first-order valence-corrected chi connectivity index (χ1v) is 9.21. The third-order valence-electron chi connectivity index (χ3n) is 2.89. The Morgan fingerprint density at radius 2 is 1.43 bits per heavy atom. The summed E-state index contributed by atoms with van der Waals surface area (Å²) in [4.78, 5) is 18.6. The standard InChI is InChI=1S/C14H9Cl4O4P/c15-10-9(14(19)13(18)12(17)11(10)16)8(6-23(20,21)22)7-4-2-1-3-5-7/h1-6,19H,(H2,20,21,22)/b8-6-. The first-order chi connectivity index (χ1) is 10.6. The summed E-state index contributed by atoms with van der Waals surface area (Å²) in [5, 5.41) is 9.56. The summed E-state index contributed by atoms with van der Waals surface area (Å²) in [5.74, 6) is 0.165. The lowest BCUT2D eigenvalue weighted by Gasteiger charge is -2.16. The normalized spacial score (nSPS) is 12.5. The largest absolute Gasteiger partial charge is 0.506 e. The number of hydrogen-bond acceptors (Lipinski definition) is 2. The zero-order chi connectivity index (χ0) is 17.4. The highest BCUT2D eigenvalue weighted by Crippen LogP contribution is 2.51. The van der Waals surface area contributed by atoms with Crippen molar-refractivity contribution in [3.05, 3.63) is 67.4 Å². The van der Waals surface area contributed by atoms with Crippen molar-refractivity contribution < 1.29 is 19.5 Å². The monoisotopic (exact) mass is 412 g/mol. The summed E-state index contributed by atoms with van der Waals surface area (Å²) >= 11 is 23.9. The van der Waals surface area contributed by atoms with Crippen LogP contribution >= 0.6 is 54.0 Å². The van der Waals surface area contributed by atoms with Crippen LogP contribution in [0.2, 0.25) is 20.1 Å². The lowest BCUT2D eigenvalue weighted by molar-refractivity contribution is 0.386. The van der Waals surface area contributed by atoms with Crippen LogP contribution in [0.15, 0.2) is 36.1 Å². The Hall–Kier alpha value is -0.710. The van der Waals surface area contributed by atoms with Crippen molar-refractivity contribution in [1.82, 2.24) is 0 Å². The highest BCUT2D eigenvalue weighted by atomic mass is 35.5. The van der Waals surface area contributed by atoms with Crippen molar-refractivity contribution >= 4 is 59.6 Å². The molecular formula is C14H9Cl4O4P. The molecule has 9 heteroatoms. The Bertz CT molecular complexity index is 801. The van der Waals surface area contributed by atoms with Crippen molar-refractivity contribution in [3.8, 4) is 5.75 Å². The van der Waals surface area contributed by atoms with Gasteiger partial charge in [-0.15, -0.1) is 0 Å². The van der Waals surface area contributed by atoms with E-state index in [4.69, 9.17) is 46.4 Å². The Kier molecular flexibility index (Phi) is 5.70. The molecule has 0 aromatic heterocycles. The van der Waals surface area contributed by atoms with Gasteiger partial charge in [0, 0.05) is 17.0 Å². The molecule has 0 aliphatic heterocycles. The molecule has 4 nitrogen and oxygen atoms in total. The van der Waals surface area contributed by atoms with Crippen LogP contribution in [0.3, 0.4) is 0 Å². The Morgan fingerprint density at radius 3 is 1.96 bits per heavy atom. The summed E-state index contributed by atoms with van der Waals surface area (Å²) in [6.07, 6.45) is 0. The maximum atomic E-state index is 11.4. The van der Waals surface area contributed by atoms with Gasteiger partial charge in [-0.3, -0.25) is 4.57 Å². The molecule has 0 unspecified atom stereocenters. The third kappa shape index (κ3) is 4.04. The summed E-state index contributed by atoms with van der Waals surface area (Å²) in [7, 11) is -4.59. The molecule has 0 spiro atoms. The van der Waals surface area contributed by atoms with E-state index in [1.54, 1.807) is 30.3 Å². The maximum Gasteiger partial charge on any atom is 0.349 e. The molecule has 3 N–H and O–H groups in total. The molecule has 0 saturated carbocycles. The van der Waals surface area contributed by atoms with Gasteiger partial charge in [-0.25, -0.2) is 0 Å². The first kappa shape index (κ1) is 18.6. The van der Waals surface area contributed by atoms with E-state index in [9.17, 15) is 19.5 Å². The van der Waals surface area contributed by atoms with Crippen LogP contribution in [0.4, 0.5) is 0 Å². The molecule has 0 saturated heterocycles. The molecule has 2 aromatic carbocycles. The minimum Gasteiger partial charge on any atom is -0.506 e. The van der Waals surface area contributed by atoms with Crippen molar-refractivity contribution in [1.29, 1.82) is 0 Å². The fourth-order valence-corrected chi connectivity index (χ4v) is 3.49. The number of rotatable bonds is 3. The van der Waals surface area contributed by atoms with E-state index in [0.717, 1.165) is 0 Å². The molecule has 2 rings (SSSR count). The van der Waals surface area contributed by atoms with E-state index in [0.29, 0.717) is 11.4 Å². The van der Waals surface area contributed by atoms with Gasteiger partial charge in [-0.05, 0) is 5.56 Å². The lowest BCUT2D eigenvalue weighted by atomic mass is 9.98. The van der Waals surface area contributed by atoms with E-state index in [1.165, 1.54) is 0 Å². The van der Waals surface area contributed by atoms with Crippen molar-refractivity contribution in [2.75, 3.05) is 0 Å². The van der Waals surface area contributed by atoms with Gasteiger partial charge >= 0.3 is 7.60 Å². The van der Waals surface area contributed by atoms with Crippen LogP contribution in [-0.2, 0) is 4.57 Å². The van der Waals surface area contributed by atoms with Crippen LogP contribution in [0.25, 0.3) is 5.57 Å². The summed E-state index contributed by atoms with van der Waals surface area (Å²) < 4.78 is 11.4. The predicted molar refractivity (Wildman–Crippen MR) is 93.7 cm³/mol. The molecule has 0 amide bonds. The van der Waals surface area contributed by atoms with Gasteiger partial charge in [0.05, 0.1) is 15.1 Å². The number of phenols is 1. The minimum absolute atomic E-state index is 0.0121. The zero-order valence-electron chi connectivity index (χ0n) is 11.2. The second kappa shape index (κ2) is 7.04. The molecule has 0 radical (unpaired) electrons. The first-order valence-electron chi connectivity index (χ1n) is 6.02. The summed E-state index contributed by atoms with van der Waals surface area (Å²) in [5.41, 5.74) is 0.282. The second-order valence-corrected chi connectivity index (χ2v) is 7.43. The molecule has 0 fully saturated rings. The molecule has 0 aliphatic carbocycles. The molecular weight excluding hydrogens is 405 g/mol. The van der Waals surface area contributed by atoms with Crippen LogP contribution in [0.1, 0.15) is 11.1 Å². The lowest BCUT2D eigenvalue weighted by Crippen LogP contribution is -1.94. The quantitative estimate of drug-likeness (QED) is 0.349. The minimum atomic E-state index is -4.59. The van der Waals surface area contributed by atoms with Gasteiger partial charge in [0.1, 0.15) is 10.8 Å². The molecule has 2 aromatic rings. The van der Waals surface area contributed by atoms with Crippen LogP contribution in [0, 0.1) is 0 Å². The van der Waals surface area contributed by atoms with Gasteiger partial charge in [-0.1, -0.05) is 76.7 Å². The van der Waals surface area contributed by atoms with Crippen LogP contribution in [-0.4, -0.2) is 14.9 Å². The van der Waals surface area contributed by atoms with E-state index in [2.05, 4.69) is 0 Å². The van der Waals surface area contributed by atoms with E-state index in [-0.39, 0.29) is 31.2 Å². The highest BCUT2D eigenvalue weighted by Gasteiger charge is 2.25. The highest BCUT2D eigenvalue weighted by molar-refractivity contribution is 7.55. The van der Waals surface area contributed by atoms with E-state index in [1.807, 2.05) is 0 Å². The molecule has 23 heavy (non-hydrogen) atoms. The molecule has 0 bridgehead atoms. The van der Waals surface area contributed by atoms with Gasteiger partial charge in [0.15, 0.2) is 0 Å². The topological polar surface area (TPSA) is 77.8 Å². The van der Waals surface area contributed by atoms with E-state index >= 15 is 0 Å². The average molecular weight is 414 g/mol. The number of hydrogen-bond donors (Lipinski definition) is 3. The Labute approximate surface area is 152 Å². The van der Waals surface area contributed by atoms with Crippen LogP contribution in [0.5, 0.6) is 5.75 Å². The Balaban J connectivity index is 2.88. The van der Waals surface area contributed by atoms with Gasteiger partial charge in [0.2, 0.25) is 0 Å². The predicted octanol–water partition coefficient (Wildman–Crippen LogP) is 5.57. The number of aromatic hydroxyl groups is 1. The van der Waals surface area contributed by atoms with E-state index < -0.39 is 13.3 Å². The van der Waals surface area contributed by atoms with Gasteiger partial charge in [-0.2, -0.15) is 0 Å². The molecule has 0 atom stereocenters. The molecule has 122 valence electrons. The Morgan fingerprint density at radius 1 is 0.913 bits per heavy atom. The summed E-state index contributed by atoms with van der Waals surface area (Å²) in [6, 6.07) is 8.23. The molecule has 0 heterocycles. The fraction of sp³-hybridized carbons (Fsp3) is 0. The SMILES string of the molecule is O=P(O)(O)/C=C(/c1ccccc1)c1c(O)c(Cl)c(Cl)c(Cl)c1Cl. The average Bonchev–Trinajstić information content (AvgIpc) is 2.50. The smallest absolute Gasteiger partial charge is 0.349 e. The van der Waals surface area contributed by atoms with Crippen molar-refractivity contribution in [2.45, 2.75) is 0 Å². The number of benzene rings is 2. The fourth-order valence-electron chi connectivity index (χ4n) is 1.94. The second-order valence-electron chi connectivity index (χ2n) is 4.48.